The number of halogens is 1. The molecule has 0 unspecified atom stereocenters. The normalized spacial score (nSPS) is 14.7. The molecule has 25 heavy (non-hydrogen) atoms. The van der Waals surface area contributed by atoms with Crippen molar-refractivity contribution in [3.05, 3.63) is 57.7 Å². The standard InChI is InChI=1S/C19H19IN2O3/c20-17-3-1-2-4-18(17)21-13-15-5-7-16(8-6-15)25-14-19(23)22-9-11-24-12-10-22/h1-8,13H,9-12,14H2. The van der Waals surface area contributed by atoms with Crippen LogP contribution >= 0.6 is 22.6 Å². The van der Waals surface area contributed by atoms with E-state index in [9.17, 15) is 4.79 Å². The Morgan fingerprint density at radius 3 is 2.60 bits per heavy atom. The molecule has 1 aliphatic rings. The third-order valence-corrected chi connectivity index (χ3v) is 4.72. The molecule has 130 valence electrons. The Kier molecular flexibility index (Phi) is 6.41. The van der Waals surface area contributed by atoms with Gasteiger partial charge in [-0.25, -0.2) is 0 Å². The summed E-state index contributed by atoms with van der Waals surface area (Å²) in [6, 6.07) is 15.5. The Balaban J connectivity index is 1.53. The van der Waals surface area contributed by atoms with Crippen LogP contribution in [0.1, 0.15) is 5.56 Å². The summed E-state index contributed by atoms with van der Waals surface area (Å²) in [6.07, 6.45) is 1.82. The van der Waals surface area contributed by atoms with Crippen molar-refractivity contribution in [2.45, 2.75) is 0 Å². The van der Waals surface area contributed by atoms with Crippen molar-refractivity contribution >= 4 is 40.4 Å². The van der Waals surface area contributed by atoms with Crippen molar-refractivity contribution in [3.63, 3.8) is 0 Å². The number of carbonyl (C=O) groups excluding carboxylic acids is 1. The van der Waals surface area contributed by atoms with Crippen molar-refractivity contribution in [3.8, 4) is 5.75 Å². The SMILES string of the molecule is O=C(COc1ccc(C=Nc2ccccc2I)cc1)N1CCOCC1. The maximum atomic E-state index is 12.1. The lowest BCUT2D eigenvalue weighted by Crippen LogP contribution is -2.42. The molecule has 3 rings (SSSR count). The Morgan fingerprint density at radius 1 is 1.16 bits per heavy atom. The highest BCUT2D eigenvalue weighted by molar-refractivity contribution is 14.1. The summed E-state index contributed by atoms with van der Waals surface area (Å²) in [4.78, 5) is 18.3. The monoisotopic (exact) mass is 450 g/mol. The molecule has 2 aromatic rings. The first-order valence-electron chi connectivity index (χ1n) is 8.09. The minimum atomic E-state index is -0.00686. The molecular formula is C19H19IN2O3. The fourth-order valence-corrected chi connectivity index (χ4v) is 2.93. The topological polar surface area (TPSA) is 51.1 Å². The minimum absolute atomic E-state index is 0.00686. The van der Waals surface area contributed by atoms with Crippen molar-refractivity contribution in [1.29, 1.82) is 0 Å². The highest BCUT2D eigenvalue weighted by atomic mass is 127. The number of carbonyl (C=O) groups is 1. The second kappa shape index (κ2) is 8.96. The van der Waals surface area contributed by atoms with Gasteiger partial charge in [0.1, 0.15) is 5.75 Å². The molecule has 6 heteroatoms. The van der Waals surface area contributed by atoms with Crippen LogP contribution in [-0.4, -0.2) is 49.9 Å². The number of amides is 1. The smallest absolute Gasteiger partial charge is 0.260 e. The first-order valence-corrected chi connectivity index (χ1v) is 9.17. The number of rotatable bonds is 5. The van der Waals surface area contributed by atoms with Gasteiger partial charge in [0.05, 0.1) is 18.9 Å². The van der Waals surface area contributed by atoms with Crippen LogP contribution in [0.25, 0.3) is 0 Å². The van der Waals surface area contributed by atoms with Crippen LogP contribution in [0.3, 0.4) is 0 Å². The van der Waals surface area contributed by atoms with Gasteiger partial charge in [0, 0.05) is 22.9 Å². The van der Waals surface area contributed by atoms with E-state index >= 15 is 0 Å². The zero-order valence-corrected chi connectivity index (χ0v) is 15.9. The summed E-state index contributed by atoms with van der Waals surface area (Å²) in [5.41, 5.74) is 1.92. The molecule has 2 aromatic carbocycles. The van der Waals surface area contributed by atoms with E-state index < -0.39 is 0 Å². The quantitative estimate of drug-likeness (QED) is 0.519. The van der Waals surface area contributed by atoms with Gasteiger partial charge in [-0.2, -0.15) is 0 Å². The highest BCUT2D eigenvalue weighted by Gasteiger charge is 2.16. The van der Waals surface area contributed by atoms with Gasteiger partial charge in [0.15, 0.2) is 6.61 Å². The van der Waals surface area contributed by atoms with Crippen LogP contribution in [0.2, 0.25) is 0 Å². The highest BCUT2D eigenvalue weighted by Crippen LogP contribution is 2.20. The zero-order valence-electron chi connectivity index (χ0n) is 13.7. The van der Waals surface area contributed by atoms with Crippen molar-refractivity contribution in [1.82, 2.24) is 4.90 Å². The van der Waals surface area contributed by atoms with Crippen LogP contribution in [0.15, 0.2) is 53.5 Å². The van der Waals surface area contributed by atoms with Crippen molar-refractivity contribution < 1.29 is 14.3 Å². The number of morpholine rings is 1. The third kappa shape index (κ3) is 5.27. The fourth-order valence-electron chi connectivity index (χ4n) is 2.40. The average Bonchev–Trinajstić information content (AvgIpc) is 2.67. The molecular weight excluding hydrogens is 431 g/mol. The van der Waals surface area contributed by atoms with E-state index in [1.54, 1.807) is 4.90 Å². The lowest BCUT2D eigenvalue weighted by Gasteiger charge is -2.26. The lowest BCUT2D eigenvalue weighted by molar-refractivity contribution is -0.137. The number of hydrogen-bond acceptors (Lipinski definition) is 4. The lowest BCUT2D eigenvalue weighted by atomic mass is 10.2. The number of aliphatic imine (C=N–C) groups is 1. The maximum Gasteiger partial charge on any atom is 0.260 e. The molecule has 0 N–H and O–H groups in total. The molecule has 0 radical (unpaired) electrons. The summed E-state index contributed by atoms with van der Waals surface area (Å²) in [5, 5.41) is 0. The van der Waals surface area contributed by atoms with Gasteiger partial charge in [-0.3, -0.25) is 9.79 Å². The summed E-state index contributed by atoms with van der Waals surface area (Å²) < 4.78 is 11.9. The molecule has 1 fully saturated rings. The molecule has 1 aliphatic heterocycles. The molecule has 1 amide bonds. The Labute approximate surface area is 160 Å². The molecule has 0 aliphatic carbocycles. The Morgan fingerprint density at radius 2 is 1.88 bits per heavy atom. The van der Waals surface area contributed by atoms with Gasteiger partial charge >= 0.3 is 0 Å². The molecule has 0 spiro atoms. The number of nitrogens with zero attached hydrogens (tertiary/aromatic N) is 2. The van der Waals surface area contributed by atoms with E-state index in [1.807, 2.05) is 54.7 Å². The summed E-state index contributed by atoms with van der Waals surface area (Å²) in [7, 11) is 0. The summed E-state index contributed by atoms with van der Waals surface area (Å²) in [6.45, 7) is 2.52. The van der Waals surface area contributed by atoms with Crippen LogP contribution in [0.4, 0.5) is 5.69 Å². The van der Waals surface area contributed by atoms with E-state index in [0.29, 0.717) is 32.1 Å². The Hall–Kier alpha value is -1.93. The summed E-state index contributed by atoms with van der Waals surface area (Å²) >= 11 is 2.27. The molecule has 0 aromatic heterocycles. The number of ether oxygens (including phenoxy) is 2. The molecule has 0 bridgehead atoms. The van der Waals surface area contributed by atoms with Crippen molar-refractivity contribution in [2.75, 3.05) is 32.9 Å². The second-order valence-electron chi connectivity index (χ2n) is 5.56. The van der Waals surface area contributed by atoms with Crippen LogP contribution in [-0.2, 0) is 9.53 Å². The van der Waals surface area contributed by atoms with Gasteiger partial charge in [-0.1, -0.05) is 12.1 Å². The molecule has 0 atom stereocenters. The second-order valence-corrected chi connectivity index (χ2v) is 6.72. The van der Waals surface area contributed by atoms with Crippen LogP contribution < -0.4 is 4.74 Å². The predicted molar refractivity (Wildman–Crippen MR) is 106 cm³/mol. The molecule has 1 heterocycles. The zero-order chi connectivity index (χ0) is 17.5. The van der Waals surface area contributed by atoms with Gasteiger partial charge in [-0.15, -0.1) is 0 Å². The number of hydrogen-bond donors (Lipinski definition) is 0. The average molecular weight is 450 g/mol. The number of benzene rings is 2. The fraction of sp³-hybridized carbons (Fsp3) is 0.263. The van der Waals surface area contributed by atoms with Gasteiger partial charge < -0.3 is 14.4 Å². The maximum absolute atomic E-state index is 12.1. The van der Waals surface area contributed by atoms with E-state index in [1.165, 1.54) is 0 Å². The van der Waals surface area contributed by atoms with E-state index in [0.717, 1.165) is 14.8 Å². The molecule has 1 saturated heterocycles. The van der Waals surface area contributed by atoms with Crippen molar-refractivity contribution in [2.24, 2.45) is 4.99 Å². The van der Waals surface area contributed by atoms with E-state index in [-0.39, 0.29) is 12.5 Å². The molecule has 0 saturated carbocycles. The first-order chi connectivity index (χ1) is 12.2. The largest absolute Gasteiger partial charge is 0.484 e. The van der Waals surface area contributed by atoms with Crippen LogP contribution in [0, 0.1) is 3.57 Å². The third-order valence-electron chi connectivity index (χ3n) is 3.81. The number of para-hydroxylation sites is 1. The first kappa shape index (κ1) is 17.9. The summed E-state index contributed by atoms with van der Waals surface area (Å²) in [5.74, 6) is 0.667. The molecule has 5 nitrogen and oxygen atoms in total. The van der Waals surface area contributed by atoms with Gasteiger partial charge in [0.2, 0.25) is 0 Å². The predicted octanol–water partition coefficient (Wildman–Crippen LogP) is 3.28. The van der Waals surface area contributed by atoms with Crippen LogP contribution in [0.5, 0.6) is 5.75 Å². The Bertz CT molecular complexity index is 741. The minimum Gasteiger partial charge on any atom is -0.484 e. The van der Waals surface area contributed by atoms with E-state index in [4.69, 9.17) is 9.47 Å². The van der Waals surface area contributed by atoms with Gasteiger partial charge in [0.25, 0.3) is 5.91 Å². The van der Waals surface area contributed by atoms with E-state index in [2.05, 4.69) is 27.6 Å². The van der Waals surface area contributed by atoms with Gasteiger partial charge in [-0.05, 0) is 64.6 Å².